The lowest BCUT2D eigenvalue weighted by Crippen LogP contribution is -2.09. The smallest absolute Gasteiger partial charge is 0.223 e. The normalized spacial score (nSPS) is 12.6. The fourth-order valence-electron chi connectivity index (χ4n) is 1.78. The third-order valence-corrected chi connectivity index (χ3v) is 3.42. The molecule has 17 heavy (non-hydrogen) atoms. The van der Waals surface area contributed by atoms with Crippen LogP contribution in [0.1, 0.15) is 16.8 Å². The maximum absolute atomic E-state index is 5.61. The number of hydrogen-bond donors (Lipinski definition) is 1. The highest BCUT2D eigenvalue weighted by Gasteiger charge is 2.23. The molecule has 0 radical (unpaired) electrons. The van der Waals surface area contributed by atoms with Gasteiger partial charge in [-0.1, -0.05) is 0 Å². The molecule has 1 aliphatic heterocycles. The van der Waals surface area contributed by atoms with Crippen molar-refractivity contribution < 1.29 is 4.74 Å². The van der Waals surface area contributed by atoms with Crippen molar-refractivity contribution in [2.24, 2.45) is 0 Å². The van der Waals surface area contributed by atoms with Gasteiger partial charge in [0.2, 0.25) is 5.95 Å². The molecule has 0 saturated heterocycles. The molecule has 2 aromatic heterocycles. The van der Waals surface area contributed by atoms with Crippen LogP contribution in [0.25, 0.3) is 11.4 Å². The van der Waals surface area contributed by atoms with Gasteiger partial charge >= 0.3 is 0 Å². The van der Waals surface area contributed by atoms with Gasteiger partial charge in [0, 0.05) is 6.54 Å². The van der Waals surface area contributed by atoms with Crippen LogP contribution in [-0.2, 0) is 6.61 Å². The Morgan fingerprint density at radius 3 is 3.12 bits per heavy atom. The van der Waals surface area contributed by atoms with Crippen LogP contribution in [0, 0.1) is 6.92 Å². The van der Waals surface area contributed by atoms with E-state index in [2.05, 4.69) is 20.3 Å². The zero-order valence-electron chi connectivity index (χ0n) is 9.65. The summed E-state index contributed by atoms with van der Waals surface area (Å²) in [5.74, 6) is 1.33. The van der Waals surface area contributed by atoms with E-state index in [1.807, 2.05) is 13.8 Å². The van der Waals surface area contributed by atoms with Crippen LogP contribution in [-0.4, -0.2) is 21.5 Å². The third kappa shape index (κ3) is 1.74. The summed E-state index contributed by atoms with van der Waals surface area (Å²) < 4.78 is 5.61. The molecule has 1 aliphatic rings. The molecular formula is C11H12N4OS. The van der Waals surface area contributed by atoms with E-state index in [9.17, 15) is 0 Å². The van der Waals surface area contributed by atoms with Gasteiger partial charge < -0.3 is 10.1 Å². The van der Waals surface area contributed by atoms with E-state index in [1.165, 1.54) is 0 Å². The summed E-state index contributed by atoms with van der Waals surface area (Å²) in [7, 11) is 0. The standard InChI is InChI=1S/C11H12N4OS/c1-3-12-11-13-4-7-9(15-11)10-8(5-16-7)17-6(2)14-10/h4H,3,5H2,1-2H3,(H,12,13,15). The Labute approximate surface area is 103 Å². The Kier molecular flexibility index (Phi) is 2.44. The number of anilines is 1. The zero-order chi connectivity index (χ0) is 11.8. The van der Waals surface area contributed by atoms with Crippen molar-refractivity contribution in [3.8, 4) is 17.1 Å². The Balaban J connectivity index is 2.12. The second-order valence-electron chi connectivity index (χ2n) is 3.73. The summed E-state index contributed by atoms with van der Waals surface area (Å²) in [5, 5.41) is 4.13. The van der Waals surface area contributed by atoms with Crippen LogP contribution in [0.2, 0.25) is 0 Å². The number of rotatable bonds is 2. The summed E-state index contributed by atoms with van der Waals surface area (Å²) in [6.45, 7) is 5.37. The van der Waals surface area contributed by atoms with Crippen LogP contribution >= 0.6 is 11.3 Å². The van der Waals surface area contributed by atoms with E-state index in [0.29, 0.717) is 18.3 Å². The quantitative estimate of drug-likeness (QED) is 0.883. The molecule has 1 N–H and O–H groups in total. The molecule has 3 heterocycles. The summed E-state index contributed by atoms with van der Waals surface area (Å²) in [6.07, 6.45) is 1.71. The Morgan fingerprint density at radius 1 is 1.41 bits per heavy atom. The van der Waals surface area contributed by atoms with E-state index in [-0.39, 0.29) is 0 Å². The number of nitrogens with zero attached hydrogens (tertiary/aromatic N) is 3. The first-order chi connectivity index (χ1) is 8.28. The Morgan fingerprint density at radius 2 is 2.29 bits per heavy atom. The summed E-state index contributed by atoms with van der Waals surface area (Å²) in [6, 6.07) is 0. The first-order valence-corrected chi connectivity index (χ1v) is 6.30. The molecule has 0 bridgehead atoms. The maximum atomic E-state index is 5.61. The number of aryl methyl sites for hydroxylation is 1. The van der Waals surface area contributed by atoms with Crippen molar-refractivity contribution in [3.63, 3.8) is 0 Å². The van der Waals surface area contributed by atoms with E-state index < -0.39 is 0 Å². The molecule has 0 amide bonds. The van der Waals surface area contributed by atoms with Crippen molar-refractivity contribution in [1.82, 2.24) is 15.0 Å². The molecule has 0 fully saturated rings. The van der Waals surface area contributed by atoms with Crippen LogP contribution in [0.5, 0.6) is 5.75 Å². The van der Waals surface area contributed by atoms with Gasteiger partial charge in [0.1, 0.15) is 18.0 Å². The van der Waals surface area contributed by atoms with E-state index in [1.54, 1.807) is 17.5 Å². The molecule has 0 spiro atoms. The molecule has 0 saturated carbocycles. The Bertz CT molecular complexity index is 567. The van der Waals surface area contributed by atoms with Gasteiger partial charge in [0.15, 0.2) is 5.75 Å². The first kappa shape index (κ1) is 10.5. The average Bonchev–Trinajstić information content (AvgIpc) is 2.70. The van der Waals surface area contributed by atoms with Gasteiger partial charge in [0.25, 0.3) is 0 Å². The molecule has 6 heteroatoms. The van der Waals surface area contributed by atoms with Crippen molar-refractivity contribution in [1.29, 1.82) is 0 Å². The highest BCUT2D eigenvalue weighted by atomic mass is 32.1. The predicted octanol–water partition coefficient (Wildman–Crippen LogP) is 2.23. The number of ether oxygens (including phenoxy) is 1. The topological polar surface area (TPSA) is 59.9 Å². The third-order valence-electron chi connectivity index (χ3n) is 2.48. The molecule has 0 aromatic carbocycles. The summed E-state index contributed by atoms with van der Waals surface area (Å²) >= 11 is 1.66. The SMILES string of the molecule is CCNc1ncc2c(n1)-c1nc(C)sc1CO2. The second kappa shape index (κ2) is 3.96. The number of thiazole rings is 1. The number of fused-ring (bicyclic) bond motifs is 3. The van der Waals surface area contributed by atoms with Gasteiger partial charge in [0.05, 0.1) is 16.1 Å². The largest absolute Gasteiger partial charge is 0.484 e. The lowest BCUT2D eigenvalue weighted by atomic mass is 10.2. The highest BCUT2D eigenvalue weighted by Crippen LogP contribution is 2.37. The molecule has 0 aliphatic carbocycles. The summed E-state index contributed by atoms with van der Waals surface area (Å²) in [4.78, 5) is 14.3. The summed E-state index contributed by atoms with van der Waals surface area (Å²) in [5.41, 5.74) is 1.73. The zero-order valence-corrected chi connectivity index (χ0v) is 10.5. The lowest BCUT2D eigenvalue weighted by molar-refractivity contribution is 0.303. The molecule has 5 nitrogen and oxygen atoms in total. The second-order valence-corrected chi connectivity index (χ2v) is 5.02. The van der Waals surface area contributed by atoms with E-state index in [4.69, 9.17) is 4.74 Å². The highest BCUT2D eigenvalue weighted by molar-refractivity contribution is 7.12. The maximum Gasteiger partial charge on any atom is 0.223 e. The number of aromatic nitrogens is 3. The van der Waals surface area contributed by atoms with Crippen LogP contribution in [0.4, 0.5) is 5.95 Å². The van der Waals surface area contributed by atoms with Crippen LogP contribution in [0.3, 0.4) is 0 Å². The van der Waals surface area contributed by atoms with Crippen molar-refractivity contribution in [2.45, 2.75) is 20.5 Å². The van der Waals surface area contributed by atoms with Crippen molar-refractivity contribution in [3.05, 3.63) is 16.1 Å². The Hall–Kier alpha value is -1.69. The van der Waals surface area contributed by atoms with Crippen molar-refractivity contribution in [2.75, 3.05) is 11.9 Å². The first-order valence-electron chi connectivity index (χ1n) is 5.48. The predicted molar refractivity (Wildman–Crippen MR) is 66.4 cm³/mol. The molecular weight excluding hydrogens is 236 g/mol. The van der Waals surface area contributed by atoms with Crippen LogP contribution < -0.4 is 10.1 Å². The van der Waals surface area contributed by atoms with Gasteiger partial charge in [-0.25, -0.2) is 15.0 Å². The van der Waals surface area contributed by atoms with Gasteiger partial charge in [-0.15, -0.1) is 11.3 Å². The van der Waals surface area contributed by atoms with Gasteiger partial charge in [-0.2, -0.15) is 0 Å². The van der Waals surface area contributed by atoms with Gasteiger partial charge in [-0.3, -0.25) is 0 Å². The van der Waals surface area contributed by atoms with Gasteiger partial charge in [-0.05, 0) is 13.8 Å². The molecule has 88 valence electrons. The molecule has 0 atom stereocenters. The molecule has 3 rings (SSSR count). The fraction of sp³-hybridized carbons (Fsp3) is 0.364. The minimum atomic E-state index is 0.567. The van der Waals surface area contributed by atoms with E-state index >= 15 is 0 Å². The minimum Gasteiger partial charge on any atom is -0.484 e. The minimum absolute atomic E-state index is 0.567. The monoisotopic (exact) mass is 248 g/mol. The van der Waals surface area contributed by atoms with Crippen molar-refractivity contribution >= 4 is 17.3 Å². The molecule has 0 unspecified atom stereocenters. The number of hydrogen-bond acceptors (Lipinski definition) is 6. The molecule has 2 aromatic rings. The number of nitrogens with one attached hydrogen (secondary N) is 1. The van der Waals surface area contributed by atoms with Crippen LogP contribution in [0.15, 0.2) is 6.20 Å². The van der Waals surface area contributed by atoms with E-state index in [0.717, 1.165) is 27.8 Å². The fourth-order valence-corrected chi connectivity index (χ4v) is 2.64. The lowest BCUT2D eigenvalue weighted by Gasteiger charge is -2.15. The average molecular weight is 248 g/mol.